The number of carbonyl (C=O) groups excluding carboxylic acids is 1. The van der Waals surface area contributed by atoms with Gasteiger partial charge in [0.05, 0.1) is 6.10 Å². The summed E-state index contributed by atoms with van der Waals surface area (Å²) in [4.78, 5) is 11.7. The zero-order valence-corrected chi connectivity index (χ0v) is 19.5. The minimum absolute atomic E-state index is 0.00860. The summed E-state index contributed by atoms with van der Waals surface area (Å²) in [7, 11) is 0. The van der Waals surface area contributed by atoms with Crippen molar-refractivity contribution >= 4 is 5.97 Å². The van der Waals surface area contributed by atoms with Crippen LogP contribution in [0.3, 0.4) is 0 Å². The molecule has 0 N–H and O–H groups in total. The highest BCUT2D eigenvalue weighted by molar-refractivity contribution is 5.87. The molecule has 1 fully saturated rings. The molecule has 0 heterocycles. The SMILES string of the molecule is C=C(C)C(=O)OC1CCCC(OCCCCCCCCCCCCCCCC)C1. The number of hydrogen-bond acceptors (Lipinski definition) is 3. The van der Waals surface area contributed by atoms with Crippen LogP contribution in [-0.4, -0.2) is 24.8 Å². The molecule has 0 spiro atoms. The minimum Gasteiger partial charge on any atom is -0.459 e. The maximum atomic E-state index is 11.7. The first-order chi connectivity index (χ1) is 14.1. The lowest BCUT2D eigenvalue weighted by Crippen LogP contribution is -2.30. The molecule has 2 atom stereocenters. The molecule has 1 rings (SSSR count). The van der Waals surface area contributed by atoms with Crippen molar-refractivity contribution in [1.29, 1.82) is 0 Å². The first-order valence-corrected chi connectivity index (χ1v) is 12.6. The molecule has 29 heavy (non-hydrogen) atoms. The van der Waals surface area contributed by atoms with Crippen LogP contribution in [0.15, 0.2) is 12.2 Å². The van der Waals surface area contributed by atoms with Gasteiger partial charge < -0.3 is 9.47 Å². The van der Waals surface area contributed by atoms with Crippen LogP contribution >= 0.6 is 0 Å². The molecule has 0 bridgehead atoms. The predicted octanol–water partition coefficient (Wildman–Crippen LogP) is 7.91. The molecule has 0 radical (unpaired) electrons. The maximum Gasteiger partial charge on any atom is 0.333 e. The van der Waals surface area contributed by atoms with Gasteiger partial charge in [-0.3, -0.25) is 0 Å². The first-order valence-electron chi connectivity index (χ1n) is 12.6. The van der Waals surface area contributed by atoms with Crippen molar-refractivity contribution in [2.45, 2.75) is 142 Å². The molecule has 3 heteroatoms. The monoisotopic (exact) mass is 408 g/mol. The molecule has 0 saturated heterocycles. The quantitative estimate of drug-likeness (QED) is 0.131. The molecular formula is C26H48O3. The Morgan fingerprint density at radius 3 is 1.79 bits per heavy atom. The van der Waals surface area contributed by atoms with E-state index in [2.05, 4.69) is 13.5 Å². The lowest BCUT2D eigenvalue weighted by Gasteiger charge is -2.29. The Morgan fingerprint density at radius 1 is 0.793 bits per heavy atom. The van der Waals surface area contributed by atoms with Crippen LogP contribution in [0.1, 0.15) is 129 Å². The fourth-order valence-corrected chi connectivity index (χ4v) is 4.16. The second-order valence-corrected chi connectivity index (χ2v) is 9.06. The van der Waals surface area contributed by atoms with Gasteiger partial charge in [-0.05, 0) is 32.6 Å². The fourth-order valence-electron chi connectivity index (χ4n) is 4.16. The lowest BCUT2D eigenvalue weighted by molar-refractivity contribution is -0.148. The molecule has 3 nitrogen and oxygen atoms in total. The van der Waals surface area contributed by atoms with Gasteiger partial charge in [0.25, 0.3) is 0 Å². The van der Waals surface area contributed by atoms with E-state index >= 15 is 0 Å². The number of carbonyl (C=O) groups is 1. The zero-order chi connectivity index (χ0) is 21.2. The van der Waals surface area contributed by atoms with Crippen LogP contribution in [0.5, 0.6) is 0 Å². The largest absolute Gasteiger partial charge is 0.459 e. The molecule has 1 saturated carbocycles. The summed E-state index contributed by atoms with van der Waals surface area (Å²) >= 11 is 0. The number of hydrogen-bond donors (Lipinski definition) is 0. The van der Waals surface area contributed by atoms with E-state index in [9.17, 15) is 4.79 Å². The molecule has 0 aromatic carbocycles. The Balaban J connectivity index is 1.86. The van der Waals surface area contributed by atoms with E-state index in [0.717, 1.165) is 38.7 Å². The van der Waals surface area contributed by atoms with Gasteiger partial charge in [0, 0.05) is 18.6 Å². The topological polar surface area (TPSA) is 35.5 Å². The Hall–Kier alpha value is -0.830. The van der Waals surface area contributed by atoms with Crippen LogP contribution in [-0.2, 0) is 14.3 Å². The highest BCUT2D eigenvalue weighted by atomic mass is 16.5. The number of ether oxygens (including phenoxy) is 2. The molecule has 2 unspecified atom stereocenters. The normalized spacial score (nSPS) is 19.2. The van der Waals surface area contributed by atoms with Crippen LogP contribution in [0, 0.1) is 0 Å². The standard InChI is InChI=1S/C26H48O3/c1-4-5-6-7-8-9-10-11-12-13-14-15-16-17-21-28-24-19-18-20-25(22-24)29-26(27)23(2)3/h24-25H,2,4-22H2,1,3H3. The minimum atomic E-state index is -0.261. The van der Waals surface area contributed by atoms with Gasteiger partial charge in [-0.25, -0.2) is 4.79 Å². The van der Waals surface area contributed by atoms with Crippen molar-refractivity contribution < 1.29 is 14.3 Å². The van der Waals surface area contributed by atoms with E-state index in [0.29, 0.717) is 5.57 Å². The van der Waals surface area contributed by atoms with E-state index in [1.807, 2.05) is 0 Å². The number of unbranched alkanes of at least 4 members (excludes halogenated alkanes) is 13. The van der Waals surface area contributed by atoms with E-state index in [1.54, 1.807) is 6.92 Å². The second-order valence-electron chi connectivity index (χ2n) is 9.06. The zero-order valence-electron chi connectivity index (χ0n) is 19.5. The Labute approximate surface area is 181 Å². The predicted molar refractivity (Wildman–Crippen MR) is 123 cm³/mol. The molecule has 170 valence electrons. The van der Waals surface area contributed by atoms with Gasteiger partial charge in [0.15, 0.2) is 0 Å². The number of rotatable bonds is 18. The summed E-state index contributed by atoms with van der Waals surface area (Å²) in [6.45, 7) is 8.49. The van der Waals surface area contributed by atoms with Crippen molar-refractivity contribution in [3.8, 4) is 0 Å². The molecule has 0 aliphatic heterocycles. The van der Waals surface area contributed by atoms with E-state index in [4.69, 9.17) is 9.47 Å². The highest BCUT2D eigenvalue weighted by Gasteiger charge is 2.25. The Kier molecular flexibility index (Phi) is 16.2. The third-order valence-electron chi connectivity index (χ3n) is 6.05. The molecule has 1 aliphatic carbocycles. The van der Waals surface area contributed by atoms with Crippen LogP contribution in [0.4, 0.5) is 0 Å². The average Bonchev–Trinajstić information content (AvgIpc) is 2.71. The maximum absolute atomic E-state index is 11.7. The van der Waals surface area contributed by atoms with Crippen LogP contribution in [0.2, 0.25) is 0 Å². The average molecular weight is 409 g/mol. The van der Waals surface area contributed by atoms with E-state index in [1.165, 1.54) is 83.5 Å². The summed E-state index contributed by atoms with van der Waals surface area (Å²) in [6.07, 6.45) is 23.6. The van der Waals surface area contributed by atoms with Crippen molar-refractivity contribution in [3.63, 3.8) is 0 Å². The first kappa shape index (κ1) is 26.2. The number of esters is 1. The van der Waals surface area contributed by atoms with Crippen molar-refractivity contribution in [2.75, 3.05) is 6.61 Å². The van der Waals surface area contributed by atoms with Gasteiger partial charge in [0.2, 0.25) is 0 Å². The lowest BCUT2D eigenvalue weighted by atomic mass is 9.95. The molecule has 0 amide bonds. The van der Waals surface area contributed by atoms with Crippen LogP contribution in [0.25, 0.3) is 0 Å². The summed E-state index contributed by atoms with van der Waals surface area (Å²) in [6, 6.07) is 0. The van der Waals surface area contributed by atoms with Crippen molar-refractivity contribution in [2.24, 2.45) is 0 Å². The molecular weight excluding hydrogens is 360 g/mol. The van der Waals surface area contributed by atoms with Crippen LogP contribution < -0.4 is 0 Å². The summed E-state index contributed by atoms with van der Waals surface area (Å²) in [5.41, 5.74) is 0.482. The Morgan fingerprint density at radius 2 is 1.28 bits per heavy atom. The van der Waals surface area contributed by atoms with Gasteiger partial charge in [0.1, 0.15) is 6.10 Å². The summed E-state index contributed by atoms with van der Waals surface area (Å²) in [5.74, 6) is -0.261. The Bertz CT molecular complexity index is 418. The van der Waals surface area contributed by atoms with Gasteiger partial charge in [-0.1, -0.05) is 97.0 Å². The smallest absolute Gasteiger partial charge is 0.333 e. The van der Waals surface area contributed by atoms with Gasteiger partial charge >= 0.3 is 5.97 Å². The molecule has 1 aliphatic rings. The summed E-state index contributed by atoms with van der Waals surface area (Å²) in [5, 5.41) is 0. The van der Waals surface area contributed by atoms with Crippen molar-refractivity contribution in [3.05, 3.63) is 12.2 Å². The van der Waals surface area contributed by atoms with E-state index in [-0.39, 0.29) is 18.2 Å². The van der Waals surface area contributed by atoms with E-state index < -0.39 is 0 Å². The fraction of sp³-hybridized carbons (Fsp3) is 0.885. The molecule has 0 aromatic rings. The van der Waals surface area contributed by atoms with Gasteiger partial charge in [-0.2, -0.15) is 0 Å². The van der Waals surface area contributed by atoms with Crippen molar-refractivity contribution in [1.82, 2.24) is 0 Å². The third-order valence-corrected chi connectivity index (χ3v) is 6.05. The van der Waals surface area contributed by atoms with Gasteiger partial charge in [-0.15, -0.1) is 0 Å². The highest BCUT2D eigenvalue weighted by Crippen LogP contribution is 2.24. The summed E-state index contributed by atoms with van der Waals surface area (Å²) < 4.78 is 11.5. The molecule has 0 aromatic heterocycles. The third kappa shape index (κ3) is 14.7. The second kappa shape index (κ2) is 18.0.